The summed E-state index contributed by atoms with van der Waals surface area (Å²) in [5, 5.41) is 18.4. The molecule has 0 aromatic heterocycles. The third-order valence-corrected chi connectivity index (χ3v) is 1.86. The molecule has 4 atom stereocenters. The van der Waals surface area contributed by atoms with Crippen molar-refractivity contribution in [1.29, 1.82) is 0 Å². The van der Waals surface area contributed by atoms with E-state index < -0.39 is 18.5 Å². The van der Waals surface area contributed by atoms with Crippen molar-refractivity contribution >= 4 is 0 Å². The quantitative estimate of drug-likeness (QED) is 0.434. The van der Waals surface area contributed by atoms with Crippen LogP contribution in [0.4, 0.5) is 0 Å². The SMILES string of the molecule is CC(O)COC(C)C(O)OCC1CO1. The predicted molar refractivity (Wildman–Crippen MR) is 48.8 cm³/mol. The monoisotopic (exact) mass is 206 g/mol. The Morgan fingerprint density at radius 1 is 1.36 bits per heavy atom. The van der Waals surface area contributed by atoms with E-state index in [1.54, 1.807) is 13.8 Å². The fourth-order valence-electron chi connectivity index (χ4n) is 0.879. The molecule has 4 unspecified atom stereocenters. The number of rotatable bonds is 7. The van der Waals surface area contributed by atoms with Crippen molar-refractivity contribution < 1.29 is 24.4 Å². The van der Waals surface area contributed by atoms with E-state index in [1.165, 1.54) is 0 Å². The lowest BCUT2D eigenvalue weighted by molar-refractivity contribution is -0.180. The minimum atomic E-state index is -0.960. The van der Waals surface area contributed by atoms with Crippen molar-refractivity contribution in [2.24, 2.45) is 0 Å². The standard InChI is InChI=1S/C9H18O5/c1-6(10)3-12-7(2)9(11)14-5-8-4-13-8/h6-11H,3-5H2,1-2H3. The van der Waals surface area contributed by atoms with Gasteiger partial charge in [-0.25, -0.2) is 0 Å². The lowest BCUT2D eigenvalue weighted by Crippen LogP contribution is -2.32. The van der Waals surface area contributed by atoms with Gasteiger partial charge >= 0.3 is 0 Å². The highest BCUT2D eigenvalue weighted by molar-refractivity contribution is 4.68. The van der Waals surface area contributed by atoms with Crippen molar-refractivity contribution in [2.45, 2.75) is 38.4 Å². The summed E-state index contributed by atoms with van der Waals surface area (Å²) >= 11 is 0. The van der Waals surface area contributed by atoms with Crippen LogP contribution in [0.2, 0.25) is 0 Å². The molecule has 14 heavy (non-hydrogen) atoms. The van der Waals surface area contributed by atoms with E-state index in [2.05, 4.69) is 0 Å². The van der Waals surface area contributed by atoms with Crippen LogP contribution in [-0.2, 0) is 14.2 Å². The van der Waals surface area contributed by atoms with Gasteiger partial charge in [0, 0.05) is 0 Å². The summed E-state index contributed by atoms with van der Waals surface area (Å²) in [7, 11) is 0. The highest BCUT2D eigenvalue weighted by Gasteiger charge is 2.25. The lowest BCUT2D eigenvalue weighted by atomic mass is 10.3. The van der Waals surface area contributed by atoms with E-state index in [0.717, 1.165) is 0 Å². The van der Waals surface area contributed by atoms with E-state index in [4.69, 9.17) is 19.3 Å². The fraction of sp³-hybridized carbons (Fsp3) is 1.00. The number of hydrogen-bond donors (Lipinski definition) is 2. The van der Waals surface area contributed by atoms with Gasteiger partial charge in [-0.2, -0.15) is 0 Å². The second-order valence-electron chi connectivity index (χ2n) is 3.57. The Labute approximate surface area is 83.6 Å². The summed E-state index contributed by atoms with van der Waals surface area (Å²) in [4.78, 5) is 0. The van der Waals surface area contributed by atoms with Crippen LogP contribution in [0.1, 0.15) is 13.8 Å². The maximum Gasteiger partial charge on any atom is 0.180 e. The molecule has 0 amide bonds. The zero-order chi connectivity index (χ0) is 10.6. The van der Waals surface area contributed by atoms with Crippen LogP contribution >= 0.6 is 0 Å². The first-order valence-electron chi connectivity index (χ1n) is 4.80. The molecule has 1 aliphatic rings. The van der Waals surface area contributed by atoms with Gasteiger partial charge in [0.05, 0.1) is 25.9 Å². The molecule has 1 heterocycles. The van der Waals surface area contributed by atoms with Crippen molar-refractivity contribution in [1.82, 2.24) is 0 Å². The van der Waals surface area contributed by atoms with E-state index in [-0.39, 0.29) is 12.7 Å². The third kappa shape index (κ3) is 4.88. The van der Waals surface area contributed by atoms with Crippen LogP contribution in [0.15, 0.2) is 0 Å². The normalized spacial score (nSPS) is 27.0. The van der Waals surface area contributed by atoms with Gasteiger partial charge in [-0.1, -0.05) is 0 Å². The van der Waals surface area contributed by atoms with Gasteiger partial charge in [-0.05, 0) is 13.8 Å². The van der Waals surface area contributed by atoms with E-state index >= 15 is 0 Å². The first-order chi connectivity index (χ1) is 6.59. The lowest BCUT2D eigenvalue weighted by Gasteiger charge is -2.20. The Bertz CT molecular complexity index is 147. The minimum absolute atomic E-state index is 0.133. The van der Waals surface area contributed by atoms with Crippen molar-refractivity contribution in [3.63, 3.8) is 0 Å². The molecule has 0 aliphatic carbocycles. The Morgan fingerprint density at radius 3 is 2.50 bits per heavy atom. The Balaban J connectivity index is 2.04. The number of ether oxygens (including phenoxy) is 3. The molecule has 5 nitrogen and oxygen atoms in total. The van der Waals surface area contributed by atoms with Crippen LogP contribution in [0.3, 0.4) is 0 Å². The van der Waals surface area contributed by atoms with E-state index in [0.29, 0.717) is 13.2 Å². The van der Waals surface area contributed by atoms with Gasteiger partial charge in [0.15, 0.2) is 6.29 Å². The average molecular weight is 206 g/mol. The molecular weight excluding hydrogens is 188 g/mol. The van der Waals surface area contributed by atoms with Gasteiger partial charge in [-0.15, -0.1) is 0 Å². The molecule has 2 N–H and O–H groups in total. The summed E-state index contributed by atoms with van der Waals surface area (Å²) in [5.74, 6) is 0. The van der Waals surface area contributed by atoms with Gasteiger partial charge in [0.25, 0.3) is 0 Å². The van der Waals surface area contributed by atoms with Crippen molar-refractivity contribution in [3.05, 3.63) is 0 Å². The van der Waals surface area contributed by atoms with Crippen LogP contribution in [0.5, 0.6) is 0 Å². The molecular formula is C9H18O5. The minimum Gasteiger partial charge on any atom is -0.391 e. The third-order valence-electron chi connectivity index (χ3n) is 1.86. The van der Waals surface area contributed by atoms with Crippen LogP contribution < -0.4 is 0 Å². The van der Waals surface area contributed by atoms with Gasteiger partial charge < -0.3 is 24.4 Å². The number of aliphatic hydroxyl groups excluding tert-OH is 2. The smallest absolute Gasteiger partial charge is 0.180 e. The molecule has 1 rings (SSSR count). The topological polar surface area (TPSA) is 71.5 Å². The zero-order valence-corrected chi connectivity index (χ0v) is 8.55. The molecule has 5 heteroatoms. The number of hydrogen-bond acceptors (Lipinski definition) is 5. The van der Waals surface area contributed by atoms with E-state index in [1.807, 2.05) is 0 Å². The number of aliphatic hydroxyl groups is 2. The fourth-order valence-corrected chi connectivity index (χ4v) is 0.879. The van der Waals surface area contributed by atoms with Crippen LogP contribution in [0.25, 0.3) is 0 Å². The van der Waals surface area contributed by atoms with Crippen molar-refractivity contribution in [2.75, 3.05) is 19.8 Å². The molecule has 1 aliphatic heterocycles. The Hall–Kier alpha value is -0.200. The van der Waals surface area contributed by atoms with Crippen LogP contribution in [-0.4, -0.2) is 54.6 Å². The highest BCUT2D eigenvalue weighted by atomic mass is 16.7. The van der Waals surface area contributed by atoms with Crippen molar-refractivity contribution in [3.8, 4) is 0 Å². The maximum atomic E-state index is 9.42. The van der Waals surface area contributed by atoms with Gasteiger partial charge in [-0.3, -0.25) is 0 Å². The second-order valence-corrected chi connectivity index (χ2v) is 3.57. The molecule has 0 spiro atoms. The summed E-state index contributed by atoms with van der Waals surface area (Å²) in [6.07, 6.45) is -1.80. The molecule has 0 bridgehead atoms. The molecule has 84 valence electrons. The summed E-state index contributed by atoms with van der Waals surface area (Å²) in [6.45, 7) is 4.61. The first kappa shape index (κ1) is 11.9. The predicted octanol–water partition coefficient (Wildman–Crippen LogP) is -0.494. The van der Waals surface area contributed by atoms with E-state index in [9.17, 15) is 5.11 Å². The summed E-state index contributed by atoms with van der Waals surface area (Å²) in [5.41, 5.74) is 0. The molecule has 1 saturated heterocycles. The molecule has 0 radical (unpaired) electrons. The second kappa shape index (κ2) is 5.63. The molecule has 0 aromatic carbocycles. The summed E-state index contributed by atoms with van der Waals surface area (Å²) in [6, 6.07) is 0. The molecule has 1 fully saturated rings. The average Bonchev–Trinajstić information content (AvgIpc) is 2.93. The Kier molecular flexibility index (Phi) is 4.77. The van der Waals surface area contributed by atoms with Gasteiger partial charge in [0.1, 0.15) is 12.2 Å². The zero-order valence-electron chi connectivity index (χ0n) is 8.55. The van der Waals surface area contributed by atoms with Crippen LogP contribution in [0, 0.1) is 0 Å². The summed E-state index contributed by atoms with van der Waals surface area (Å²) < 4.78 is 15.2. The largest absolute Gasteiger partial charge is 0.391 e. The Morgan fingerprint density at radius 2 is 2.00 bits per heavy atom. The number of epoxide rings is 1. The maximum absolute atomic E-state index is 9.42. The van der Waals surface area contributed by atoms with Gasteiger partial charge in [0.2, 0.25) is 0 Å². The molecule has 0 aromatic rings. The molecule has 0 saturated carbocycles. The highest BCUT2D eigenvalue weighted by Crippen LogP contribution is 2.11. The first-order valence-corrected chi connectivity index (χ1v) is 4.80.